The van der Waals surface area contributed by atoms with E-state index < -0.39 is 0 Å². The van der Waals surface area contributed by atoms with Gasteiger partial charge >= 0.3 is 0 Å². The first-order chi connectivity index (χ1) is 8.81. The van der Waals surface area contributed by atoms with Crippen molar-refractivity contribution in [1.29, 1.82) is 0 Å². The Morgan fingerprint density at radius 1 is 1.44 bits per heavy atom. The maximum atomic E-state index is 13.6. The second-order valence-electron chi connectivity index (χ2n) is 4.51. The van der Waals surface area contributed by atoms with Crippen molar-refractivity contribution in [1.82, 2.24) is 10.3 Å². The van der Waals surface area contributed by atoms with E-state index in [4.69, 9.17) is 0 Å². The third-order valence-electron chi connectivity index (χ3n) is 3.18. The van der Waals surface area contributed by atoms with E-state index in [1.807, 2.05) is 25.1 Å². The number of hydrogen-bond donors (Lipinski definition) is 1. The summed E-state index contributed by atoms with van der Waals surface area (Å²) in [5.41, 5.74) is 1.70. The molecule has 18 heavy (non-hydrogen) atoms. The van der Waals surface area contributed by atoms with Crippen LogP contribution < -0.4 is 10.2 Å². The summed E-state index contributed by atoms with van der Waals surface area (Å²) >= 11 is 0. The summed E-state index contributed by atoms with van der Waals surface area (Å²) in [7, 11) is 0. The number of aromatic nitrogens is 1. The van der Waals surface area contributed by atoms with E-state index in [1.165, 1.54) is 0 Å². The number of nitrogens with zero attached hydrogens (tertiary/aromatic N) is 2. The van der Waals surface area contributed by atoms with Gasteiger partial charge in [0.05, 0.1) is 11.9 Å². The molecule has 1 saturated heterocycles. The third-order valence-corrected chi connectivity index (χ3v) is 3.18. The molecule has 1 aromatic heterocycles. The van der Waals surface area contributed by atoms with Crippen LogP contribution in [0.25, 0.3) is 0 Å². The molecule has 0 unspecified atom stereocenters. The summed E-state index contributed by atoms with van der Waals surface area (Å²) < 4.78 is 13.6. The van der Waals surface area contributed by atoms with Gasteiger partial charge in [-0.2, -0.15) is 4.39 Å². The van der Waals surface area contributed by atoms with Crippen molar-refractivity contribution in [3.8, 4) is 0 Å². The van der Waals surface area contributed by atoms with Crippen molar-refractivity contribution in [2.24, 2.45) is 0 Å². The summed E-state index contributed by atoms with van der Waals surface area (Å²) in [6.45, 7) is 5.92. The van der Waals surface area contributed by atoms with E-state index in [-0.39, 0.29) is 5.95 Å². The van der Waals surface area contributed by atoms with Crippen molar-refractivity contribution in [3.05, 3.63) is 35.9 Å². The highest BCUT2D eigenvalue weighted by Gasteiger charge is 2.12. The Labute approximate surface area is 108 Å². The second kappa shape index (κ2) is 6.50. The molecule has 0 amide bonds. The highest BCUT2D eigenvalue weighted by Crippen LogP contribution is 2.18. The lowest BCUT2D eigenvalue weighted by Crippen LogP contribution is -2.28. The van der Waals surface area contributed by atoms with Gasteiger partial charge in [-0.25, -0.2) is 4.98 Å². The lowest BCUT2D eigenvalue weighted by molar-refractivity contribution is 0.570. The SMILES string of the molecule is CC=CCc1cc(N2CCCNCC2)cnc1F. The lowest BCUT2D eigenvalue weighted by atomic mass is 10.1. The van der Waals surface area contributed by atoms with Gasteiger partial charge < -0.3 is 10.2 Å². The van der Waals surface area contributed by atoms with Crippen LogP contribution in [0.1, 0.15) is 18.9 Å². The fourth-order valence-electron chi connectivity index (χ4n) is 2.15. The Kier molecular flexibility index (Phi) is 4.70. The normalized spacial score (nSPS) is 17.1. The third kappa shape index (κ3) is 3.29. The van der Waals surface area contributed by atoms with Gasteiger partial charge in [-0.3, -0.25) is 0 Å². The van der Waals surface area contributed by atoms with Crippen molar-refractivity contribution in [2.45, 2.75) is 19.8 Å². The van der Waals surface area contributed by atoms with Crippen LogP contribution in [0.2, 0.25) is 0 Å². The first kappa shape index (κ1) is 13.0. The van der Waals surface area contributed by atoms with Crippen molar-refractivity contribution in [2.75, 3.05) is 31.1 Å². The zero-order chi connectivity index (χ0) is 12.8. The maximum absolute atomic E-state index is 13.6. The molecule has 0 saturated carbocycles. The van der Waals surface area contributed by atoms with E-state index in [0.29, 0.717) is 12.0 Å². The molecule has 98 valence electrons. The van der Waals surface area contributed by atoms with Crippen molar-refractivity contribution < 1.29 is 4.39 Å². The van der Waals surface area contributed by atoms with Crippen molar-refractivity contribution >= 4 is 5.69 Å². The molecule has 1 fully saturated rings. The molecule has 1 aromatic rings. The molecule has 0 spiro atoms. The fourth-order valence-corrected chi connectivity index (χ4v) is 2.15. The Morgan fingerprint density at radius 2 is 2.33 bits per heavy atom. The van der Waals surface area contributed by atoms with Gasteiger partial charge in [0.25, 0.3) is 0 Å². The van der Waals surface area contributed by atoms with E-state index >= 15 is 0 Å². The van der Waals surface area contributed by atoms with Crippen LogP contribution in [-0.2, 0) is 6.42 Å². The molecule has 0 atom stereocenters. The molecule has 3 nitrogen and oxygen atoms in total. The zero-order valence-electron chi connectivity index (χ0n) is 10.8. The van der Waals surface area contributed by atoms with Gasteiger partial charge in [-0.05, 0) is 32.4 Å². The van der Waals surface area contributed by atoms with Crippen LogP contribution in [0.15, 0.2) is 24.4 Å². The second-order valence-corrected chi connectivity index (χ2v) is 4.51. The smallest absolute Gasteiger partial charge is 0.216 e. The van der Waals surface area contributed by atoms with Gasteiger partial charge in [0, 0.05) is 25.2 Å². The first-order valence-corrected chi connectivity index (χ1v) is 6.52. The number of rotatable bonds is 3. The highest BCUT2D eigenvalue weighted by atomic mass is 19.1. The summed E-state index contributed by atoms with van der Waals surface area (Å²) in [6, 6.07) is 1.92. The summed E-state index contributed by atoms with van der Waals surface area (Å²) in [6.07, 6.45) is 7.24. The van der Waals surface area contributed by atoms with Crippen LogP contribution >= 0.6 is 0 Å². The minimum absolute atomic E-state index is 0.357. The number of nitrogens with one attached hydrogen (secondary N) is 1. The van der Waals surface area contributed by atoms with Gasteiger partial charge in [-0.15, -0.1) is 0 Å². The van der Waals surface area contributed by atoms with E-state index in [2.05, 4.69) is 15.2 Å². The molecular formula is C14H20FN3. The highest BCUT2D eigenvalue weighted by molar-refractivity contribution is 5.47. The van der Waals surface area contributed by atoms with E-state index in [0.717, 1.165) is 38.3 Å². The molecule has 0 aliphatic carbocycles. The number of pyridine rings is 1. The Bertz CT molecular complexity index is 410. The zero-order valence-corrected chi connectivity index (χ0v) is 10.8. The summed E-state index contributed by atoms with van der Waals surface area (Å²) in [4.78, 5) is 6.14. The minimum Gasteiger partial charge on any atom is -0.369 e. The first-order valence-electron chi connectivity index (χ1n) is 6.52. The van der Waals surface area contributed by atoms with Crippen LogP contribution in [0, 0.1) is 5.95 Å². The molecule has 1 aliphatic rings. The molecule has 1 N–H and O–H groups in total. The Hall–Kier alpha value is -1.42. The largest absolute Gasteiger partial charge is 0.369 e. The van der Waals surface area contributed by atoms with Gasteiger partial charge in [0.2, 0.25) is 5.95 Å². The van der Waals surface area contributed by atoms with Crippen molar-refractivity contribution in [3.63, 3.8) is 0 Å². The molecule has 4 heteroatoms. The quantitative estimate of drug-likeness (QED) is 0.657. The minimum atomic E-state index is -0.357. The van der Waals surface area contributed by atoms with Gasteiger partial charge in [0.15, 0.2) is 0 Å². The van der Waals surface area contributed by atoms with Gasteiger partial charge in [0.1, 0.15) is 0 Å². The number of allylic oxidation sites excluding steroid dienone is 2. The van der Waals surface area contributed by atoms with Gasteiger partial charge in [-0.1, -0.05) is 12.2 Å². The predicted molar refractivity (Wildman–Crippen MR) is 72.4 cm³/mol. The number of anilines is 1. The maximum Gasteiger partial charge on any atom is 0.216 e. The lowest BCUT2D eigenvalue weighted by Gasteiger charge is -2.22. The molecule has 2 rings (SSSR count). The monoisotopic (exact) mass is 249 g/mol. The molecule has 1 aliphatic heterocycles. The molecule has 0 aromatic carbocycles. The summed E-state index contributed by atoms with van der Waals surface area (Å²) in [5.74, 6) is -0.357. The Morgan fingerprint density at radius 3 is 3.17 bits per heavy atom. The number of hydrogen-bond acceptors (Lipinski definition) is 3. The van der Waals surface area contributed by atoms with Crippen LogP contribution in [0.3, 0.4) is 0 Å². The van der Waals surface area contributed by atoms with Crippen LogP contribution in [0.4, 0.5) is 10.1 Å². The van der Waals surface area contributed by atoms with Crippen LogP contribution in [-0.4, -0.2) is 31.2 Å². The standard InChI is InChI=1S/C14H20FN3/c1-2-3-5-12-10-13(11-17-14(12)15)18-8-4-6-16-7-9-18/h2-3,10-11,16H,4-9H2,1H3. The Balaban J connectivity index is 2.16. The average molecular weight is 249 g/mol. The van der Waals surface area contributed by atoms with E-state index in [9.17, 15) is 4.39 Å². The number of halogens is 1. The predicted octanol–water partition coefficient (Wildman–Crippen LogP) is 2.14. The average Bonchev–Trinajstić information content (AvgIpc) is 2.67. The van der Waals surface area contributed by atoms with E-state index in [1.54, 1.807) is 6.20 Å². The summed E-state index contributed by atoms with van der Waals surface area (Å²) in [5, 5.41) is 3.36. The molecule has 2 heterocycles. The molecule has 0 bridgehead atoms. The molecular weight excluding hydrogens is 229 g/mol. The van der Waals surface area contributed by atoms with Crippen LogP contribution in [0.5, 0.6) is 0 Å². The molecule has 0 radical (unpaired) electrons. The topological polar surface area (TPSA) is 28.2 Å². The fraction of sp³-hybridized carbons (Fsp3) is 0.500.